The zero-order chi connectivity index (χ0) is 18.2. The Morgan fingerprint density at radius 1 is 1.03 bits per heavy atom. The number of aromatic nitrogens is 2. The van der Waals surface area contributed by atoms with E-state index < -0.39 is 0 Å². The molecule has 2 fully saturated rings. The van der Waals surface area contributed by atoms with Crippen molar-refractivity contribution in [3.63, 3.8) is 0 Å². The maximum absolute atomic E-state index is 13.2. The summed E-state index contributed by atoms with van der Waals surface area (Å²) in [5.41, 5.74) is 3.20. The van der Waals surface area contributed by atoms with E-state index in [4.69, 9.17) is 4.98 Å². The van der Waals surface area contributed by atoms with Gasteiger partial charge in [-0.3, -0.25) is 9.78 Å². The molecule has 152 valence electrons. The molecule has 0 radical (unpaired) electrons. The Hall–Kier alpha value is -2.21. The highest BCUT2D eigenvalue weighted by atomic mass is 35.5. The third kappa shape index (κ3) is 4.37. The third-order valence-corrected chi connectivity index (χ3v) is 5.73. The first-order valence-electron chi connectivity index (χ1n) is 9.63. The number of carbonyl (C=O) groups is 1. The van der Waals surface area contributed by atoms with E-state index in [9.17, 15) is 4.79 Å². The quantitative estimate of drug-likeness (QED) is 0.654. The molecule has 0 spiro atoms. The molecule has 2 saturated heterocycles. The number of fused-ring (bicyclic) bond motifs is 3. The highest BCUT2D eigenvalue weighted by Gasteiger charge is 2.34. The molecule has 29 heavy (non-hydrogen) atoms. The average molecular weight is 431 g/mol. The Morgan fingerprint density at radius 3 is 2.52 bits per heavy atom. The Kier molecular flexibility index (Phi) is 6.73. The number of benzene rings is 1. The third-order valence-electron chi connectivity index (χ3n) is 5.73. The number of piperidine rings is 1. The first kappa shape index (κ1) is 21.5. The van der Waals surface area contributed by atoms with Crippen LogP contribution in [-0.2, 0) is 0 Å². The van der Waals surface area contributed by atoms with Crippen LogP contribution < -0.4 is 10.6 Å². The molecule has 2 aliphatic heterocycles. The first-order valence-corrected chi connectivity index (χ1v) is 9.63. The predicted molar refractivity (Wildman–Crippen MR) is 120 cm³/mol. The van der Waals surface area contributed by atoms with E-state index in [-0.39, 0.29) is 36.8 Å². The van der Waals surface area contributed by atoms with Crippen molar-refractivity contribution in [3.8, 4) is 11.3 Å². The van der Waals surface area contributed by atoms with Gasteiger partial charge >= 0.3 is 0 Å². The van der Waals surface area contributed by atoms with E-state index in [0.717, 1.165) is 35.0 Å². The summed E-state index contributed by atoms with van der Waals surface area (Å²) < 4.78 is 0. The Morgan fingerprint density at radius 2 is 1.79 bits per heavy atom. The van der Waals surface area contributed by atoms with Crippen LogP contribution in [0.4, 0.5) is 0 Å². The van der Waals surface area contributed by atoms with Crippen molar-refractivity contribution in [1.29, 1.82) is 0 Å². The van der Waals surface area contributed by atoms with Gasteiger partial charge in [0, 0.05) is 41.5 Å². The fourth-order valence-electron chi connectivity index (χ4n) is 4.46. The highest BCUT2D eigenvalue weighted by Crippen LogP contribution is 2.28. The molecule has 2 atom stereocenters. The van der Waals surface area contributed by atoms with E-state index in [1.807, 2.05) is 42.5 Å². The summed E-state index contributed by atoms with van der Waals surface area (Å²) in [6.45, 7) is 0. The van der Waals surface area contributed by atoms with Crippen molar-refractivity contribution in [2.75, 3.05) is 0 Å². The van der Waals surface area contributed by atoms with Crippen LogP contribution in [0.2, 0.25) is 0 Å². The van der Waals surface area contributed by atoms with Gasteiger partial charge in [-0.25, -0.2) is 4.98 Å². The number of carbonyl (C=O) groups excluding carboxylic acids is 1. The molecule has 1 amide bonds. The number of hydrogen-bond donors (Lipinski definition) is 2. The standard InChI is InChI=1S/C22H22N4O.2ClH/c27-22(25-17-10-15-7-8-16(11-17)24-15)19-12-21(14-4-3-9-23-13-14)26-20-6-2-1-5-18(19)20;;/h1-6,9,12-13,15-17,24H,7-8,10-11H2,(H,25,27);2*1H. The van der Waals surface area contributed by atoms with Gasteiger partial charge in [-0.2, -0.15) is 0 Å². The number of para-hydroxylation sites is 1. The maximum atomic E-state index is 13.2. The topological polar surface area (TPSA) is 66.9 Å². The van der Waals surface area contributed by atoms with E-state index in [1.165, 1.54) is 12.8 Å². The molecule has 1 aromatic carbocycles. The summed E-state index contributed by atoms with van der Waals surface area (Å²) in [6, 6.07) is 14.9. The molecule has 2 bridgehead atoms. The number of hydrogen-bond acceptors (Lipinski definition) is 4. The smallest absolute Gasteiger partial charge is 0.252 e. The van der Waals surface area contributed by atoms with E-state index in [0.29, 0.717) is 17.6 Å². The van der Waals surface area contributed by atoms with Crippen LogP contribution in [0, 0.1) is 0 Å². The van der Waals surface area contributed by atoms with Gasteiger partial charge < -0.3 is 10.6 Å². The van der Waals surface area contributed by atoms with Gasteiger partial charge in [0.1, 0.15) is 0 Å². The number of amides is 1. The van der Waals surface area contributed by atoms with Gasteiger partial charge in [0.05, 0.1) is 16.8 Å². The van der Waals surface area contributed by atoms with Gasteiger partial charge in [0.15, 0.2) is 0 Å². The van der Waals surface area contributed by atoms with Crippen molar-refractivity contribution < 1.29 is 4.79 Å². The summed E-state index contributed by atoms with van der Waals surface area (Å²) >= 11 is 0. The van der Waals surface area contributed by atoms with Gasteiger partial charge in [-0.1, -0.05) is 18.2 Å². The van der Waals surface area contributed by atoms with E-state index in [2.05, 4.69) is 15.6 Å². The van der Waals surface area contributed by atoms with Crippen LogP contribution in [0.5, 0.6) is 0 Å². The fraction of sp³-hybridized carbons (Fsp3) is 0.318. The minimum atomic E-state index is -0.00922. The SMILES string of the molecule is Cl.Cl.O=C(NC1CC2CCC(C1)N2)c1cc(-c2cccnc2)nc2ccccc12. The van der Waals surface area contributed by atoms with Crippen LogP contribution in [0.1, 0.15) is 36.0 Å². The van der Waals surface area contributed by atoms with Gasteiger partial charge in [0.25, 0.3) is 5.91 Å². The van der Waals surface area contributed by atoms with Crippen molar-refractivity contribution >= 4 is 41.6 Å². The van der Waals surface area contributed by atoms with Crippen LogP contribution in [0.3, 0.4) is 0 Å². The lowest BCUT2D eigenvalue weighted by Gasteiger charge is -2.29. The number of nitrogens with one attached hydrogen (secondary N) is 2. The van der Waals surface area contributed by atoms with Crippen LogP contribution in [0.15, 0.2) is 54.9 Å². The van der Waals surface area contributed by atoms with Crippen LogP contribution in [-0.4, -0.2) is 34.0 Å². The molecule has 5 nitrogen and oxygen atoms in total. The van der Waals surface area contributed by atoms with Gasteiger partial charge in [-0.15, -0.1) is 24.8 Å². The van der Waals surface area contributed by atoms with Crippen molar-refractivity contribution in [2.45, 2.75) is 43.8 Å². The largest absolute Gasteiger partial charge is 0.349 e. The molecule has 3 aromatic rings. The second kappa shape index (κ2) is 9.08. The van der Waals surface area contributed by atoms with Crippen LogP contribution in [0.25, 0.3) is 22.2 Å². The van der Waals surface area contributed by atoms with E-state index >= 15 is 0 Å². The summed E-state index contributed by atoms with van der Waals surface area (Å²) in [4.78, 5) is 22.1. The molecule has 2 aromatic heterocycles. The highest BCUT2D eigenvalue weighted by molar-refractivity contribution is 6.07. The molecule has 0 aliphatic carbocycles. The van der Waals surface area contributed by atoms with Crippen molar-refractivity contribution in [1.82, 2.24) is 20.6 Å². The lowest BCUT2D eigenvalue weighted by atomic mass is 9.98. The minimum Gasteiger partial charge on any atom is -0.349 e. The minimum absolute atomic E-state index is 0. The number of pyridine rings is 2. The molecule has 7 heteroatoms. The number of nitrogens with zero attached hydrogens (tertiary/aromatic N) is 2. The Labute approximate surface area is 182 Å². The molecule has 5 rings (SSSR count). The van der Waals surface area contributed by atoms with Crippen molar-refractivity contribution in [2.24, 2.45) is 0 Å². The molecular formula is C22H24Cl2N4O. The average Bonchev–Trinajstić information content (AvgIpc) is 3.06. The predicted octanol–water partition coefficient (Wildman–Crippen LogP) is 4.15. The summed E-state index contributed by atoms with van der Waals surface area (Å²) in [6.07, 6.45) is 8.00. The second-order valence-corrected chi connectivity index (χ2v) is 7.59. The maximum Gasteiger partial charge on any atom is 0.252 e. The van der Waals surface area contributed by atoms with Gasteiger partial charge in [0.2, 0.25) is 0 Å². The molecule has 2 N–H and O–H groups in total. The summed E-state index contributed by atoms with van der Waals surface area (Å²) in [5.74, 6) is -0.00922. The lowest BCUT2D eigenvalue weighted by Crippen LogP contribution is -2.48. The molecule has 2 unspecified atom stereocenters. The summed E-state index contributed by atoms with van der Waals surface area (Å²) in [5, 5.41) is 7.80. The zero-order valence-corrected chi connectivity index (χ0v) is 17.5. The second-order valence-electron chi connectivity index (χ2n) is 7.59. The lowest BCUT2D eigenvalue weighted by molar-refractivity contribution is 0.0925. The zero-order valence-electron chi connectivity index (χ0n) is 15.9. The molecule has 2 aliphatic rings. The molecule has 0 saturated carbocycles. The monoisotopic (exact) mass is 430 g/mol. The Bertz CT molecular complexity index is 987. The van der Waals surface area contributed by atoms with Gasteiger partial charge in [-0.05, 0) is 49.9 Å². The number of halogens is 2. The molecular weight excluding hydrogens is 407 g/mol. The summed E-state index contributed by atoms with van der Waals surface area (Å²) in [7, 11) is 0. The Balaban J connectivity index is 0.00000120. The first-order chi connectivity index (χ1) is 13.3. The van der Waals surface area contributed by atoms with E-state index in [1.54, 1.807) is 12.4 Å². The number of rotatable bonds is 3. The fourth-order valence-corrected chi connectivity index (χ4v) is 4.46. The molecule has 4 heterocycles. The normalized spacial score (nSPS) is 22.4. The van der Waals surface area contributed by atoms with Crippen LogP contribution >= 0.6 is 24.8 Å². The van der Waals surface area contributed by atoms with Crippen molar-refractivity contribution in [3.05, 3.63) is 60.4 Å².